The second kappa shape index (κ2) is 4.75. The molecule has 4 heteroatoms. The molecule has 3 nitrogen and oxygen atoms in total. The Balaban J connectivity index is 1.93. The van der Waals surface area contributed by atoms with E-state index in [2.05, 4.69) is 16.9 Å². The summed E-state index contributed by atoms with van der Waals surface area (Å²) in [4.78, 5) is 6.60. The molecule has 1 aliphatic heterocycles. The summed E-state index contributed by atoms with van der Waals surface area (Å²) in [5.41, 5.74) is 0. The van der Waals surface area contributed by atoms with Crippen LogP contribution in [0, 0.1) is 0 Å². The van der Waals surface area contributed by atoms with Crippen molar-refractivity contribution in [3.05, 3.63) is 35.5 Å². The molecule has 1 aromatic heterocycles. The van der Waals surface area contributed by atoms with Crippen LogP contribution in [-0.4, -0.2) is 36.1 Å². The summed E-state index contributed by atoms with van der Waals surface area (Å²) in [6.45, 7) is 2.04. The molecule has 0 spiro atoms. The summed E-state index contributed by atoms with van der Waals surface area (Å²) in [7, 11) is 2.11. The number of pyridine rings is 1. The average Bonchev–Trinajstić information content (AvgIpc) is 2.76. The third kappa shape index (κ3) is 2.28. The maximum absolute atomic E-state index is 6.04. The Morgan fingerprint density at radius 3 is 3.06 bits per heavy atom. The molecular weight excluding hydrogens is 248 g/mol. The van der Waals surface area contributed by atoms with Crippen molar-refractivity contribution in [2.75, 3.05) is 20.1 Å². The van der Waals surface area contributed by atoms with Crippen molar-refractivity contribution < 1.29 is 4.74 Å². The van der Waals surface area contributed by atoms with Crippen LogP contribution in [0.4, 0.5) is 0 Å². The maximum atomic E-state index is 6.04. The summed E-state index contributed by atoms with van der Waals surface area (Å²) < 4.78 is 6.00. The molecule has 0 radical (unpaired) electrons. The molecule has 1 unspecified atom stereocenters. The number of ether oxygens (including phenoxy) is 1. The number of halogens is 1. The standard InChI is InChI=1S/C14H15ClN2O/c1-17-7-5-12(9-17)18-14-13-8-11(15)3-2-10(13)4-6-16-14/h2-4,6,8,12H,5,7,9H2,1H3. The third-order valence-corrected chi connectivity index (χ3v) is 3.55. The number of rotatable bonds is 2. The van der Waals surface area contributed by atoms with Gasteiger partial charge in [-0.25, -0.2) is 4.98 Å². The Morgan fingerprint density at radius 1 is 1.39 bits per heavy atom. The van der Waals surface area contributed by atoms with Gasteiger partial charge in [-0.2, -0.15) is 0 Å². The van der Waals surface area contributed by atoms with Crippen LogP contribution in [0.15, 0.2) is 30.5 Å². The zero-order valence-electron chi connectivity index (χ0n) is 10.3. The summed E-state index contributed by atoms with van der Waals surface area (Å²) in [6.07, 6.45) is 3.06. The first-order valence-electron chi connectivity index (χ1n) is 6.12. The SMILES string of the molecule is CN1CCC(Oc2nccc3ccc(Cl)cc23)C1. The molecule has 94 valence electrons. The normalized spacial score (nSPS) is 20.4. The Morgan fingerprint density at radius 2 is 2.28 bits per heavy atom. The quantitative estimate of drug-likeness (QED) is 0.832. The summed E-state index contributed by atoms with van der Waals surface area (Å²) in [5.74, 6) is 0.690. The molecule has 1 saturated heterocycles. The zero-order chi connectivity index (χ0) is 12.5. The van der Waals surface area contributed by atoms with Gasteiger partial charge < -0.3 is 9.64 Å². The number of hydrogen-bond acceptors (Lipinski definition) is 3. The lowest BCUT2D eigenvalue weighted by molar-refractivity contribution is 0.203. The van der Waals surface area contributed by atoms with Gasteiger partial charge in [-0.1, -0.05) is 17.7 Å². The topological polar surface area (TPSA) is 25.4 Å². The van der Waals surface area contributed by atoms with Crippen molar-refractivity contribution in [2.45, 2.75) is 12.5 Å². The van der Waals surface area contributed by atoms with E-state index < -0.39 is 0 Å². The van der Waals surface area contributed by atoms with E-state index in [1.54, 1.807) is 6.20 Å². The zero-order valence-corrected chi connectivity index (χ0v) is 11.0. The van der Waals surface area contributed by atoms with Crippen molar-refractivity contribution >= 4 is 22.4 Å². The Labute approximate surface area is 111 Å². The monoisotopic (exact) mass is 262 g/mol. The Bertz CT molecular complexity index is 573. The largest absolute Gasteiger partial charge is 0.472 e. The molecule has 1 aliphatic rings. The van der Waals surface area contributed by atoms with Crippen molar-refractivity contribution in [3.63, 3.8) is 0 Å². The van der Waals surface area contributed by atoms with Gasteiger partial charge in [0, 0.05) is 29.7 Å². The van der Waals surface area contributed by atoms with E-state index >= 15 is 0 Å². The fraction of sp³-hybridized carbons (Fsp3) is 0.357. The third-order valence-electron chi connectivity index (χ3n) is 3.32. The van der Waals surface area contributed by atoms with Crippen LogP contribution in [0.2, 0.25) is 5.02 Å². The molecule has 0 amide bonds. The highest BCUT2D eigenvalue weighted by Gasteiger charge is 2.22. The first-order valence-corrected chi connectivity index (χ1v) is 6.49. The Hall–Kier alpha value is -1.32. The van der Waals surface area contributed by atoms with Crippen LogP contribution in [0.3, 0.4) is 0 Å². The van der Waals surface area contributed by atoms with Crippen molar-refractivity contribution in [1.29, 1.82) is 0 Å². The maximum Gasteiger partial charge on any atom is 0.221 e. The van der Waals surface area contributed by atoms with E-state index in [4.69, 9.17) is 16.3 Å². The first kappa shape index (κ1) is 11.8. The lowest BCUT2D eigenvalue weighted by atomic mass is 10.2. The van der Waals surface area contributed by atoms with Crippen LogP contribution < -0.4 is 4.74 Å². The summed E-state index contributed by atoms with van der Waals surface area (Å²) >= 11 is 6.04. The predicted octanol–water partition coefficient (Wildman–Crippen LogP) is 2.97. The van der Waals surface area contributed by atoms with Gasteiger partial charge in [0.2, 0.25) is 5.88 Å². The molecule has 0 bridgehead atoms. The van der Waals surface area contributed by atoms with Crippen LogP contribution in [-0.2, 0) is 0 Å². The molecule has 1 aromatic carbocycles. The fourth-order valence-electron chi connectivity index (χ4n) is 2.36. The molecule has 0 aliphatic carbocycles. The lowest BCUT2D eigenvalue weighted by Gasteiger charge is -2.14. The fourth-order valence-corrected chi connectivity index (χ4v) is 2.53. The highest BCUT2D eigenvalue weighted by atomic mass is 35.5. The van der Waals surface area contributed by atoms with Crippen LogP contribution in [0.25, 0.3) is 10.8 Å². The van der Waals surface area contributed by atoms with Crippen molar-refractivity contribution in [2.24, 2.45) is 0 Å². The van der Waals surface area contributed by atoms with Crippen molar-refractivity contribution in [1.82, 2.24) is 9.88 Å². The molecule has 1 fully saturated rings. The second-order valence-electron chi connectivity index (χ2n) is 4.77. The smallest absolute Gasteiger partial charge is 0.221 e. The summed E-state index contributed by atoms with van der Waals surface area (Å²) in [5, 5.41) is 2.80. The number of likely N-dealkylation sites (tertiary alicyclic amines) is 1. The minimum Gasteiger partial charge on any atom is -0.472 e. The molecular formula is C14H15ClN2O. The van der Waals surface area contributed by atoms with E-state index in [1.807, 2.05) is 24.3 Å². The van der Waals surface area contributed by atoms with Gasteiger partial charge in [-0.3, -0.25) is 0 Å². The number of nitrogens with zero attached hydrogens (tertiary/aromatic N) is 2. The number of benzene rings is 1. The van der Waals surface area contributed by atoms with E-state index in [1.165, 1.54) is 0 Å². The molecule has 18 heavy (non-hydrogen) atoms. The second-order valence-corrected chi connectivity index (χ2v) is 5.21. The van der Waals surface area contributed by atoms with E-state index in [0.717, 1.165) is 30.3 Å². The highest BCUT2D eigenvalue weighted by molar-refractivity contribution is 6.31. The van der Waals surface area contributed by atoms with Crippen LogP contribution in [0.1, 0.15) is 6.42 Å². The van der Waals surface area contributed by atoms with Gasteiger partial charge in [0.05, 0.1) is 0 Å². The van der Waals surface area contributed by atoms with Gasteiger partial charge in [-0.05, 0) is 37.1 Å². The minimum absolute atomic E-state index is 0.229. The lowest BCUT2D eigenvalue weighted by Crippen LogP contribution is -2.21. The summed E-state index contributed by atoms with van der Waals surface area (Å²) in [6, 6.07) is 7.77. The highest BCUT2D eigenvalue weighted by Crippen LogP contribution is 2.27. The van der Waals surface area contributed by atoms with Crippen LogP contribution in [0.5, 0.6) is 5.88 Å². The molecule has 1 atom stereocenters. The molecule has 0 saturated carbocycles. The average molecular weight is 263 g/mol. The van der Waals surface area contributed by atoms with Gasteiger partial charge in [0.25, 0.3) is 0 Å². The number of fused-ring (bicyclic) bond motifs is 1. The molecule has 0 N–H and O–H groups in total. The minimum atomic E-state index is 0.229. The molecule has 2 aromatic rings. The molecule has 3 rings (SSSR count). The number of likely N-dealkylation sites (N-methyl/N-ethyl adjacent to an activating group) is 1. The van der Waals surface area contributed by atoms with Crippen molar-refractivity contribution in [3.8, 4) is 5.88 Å². The number of hydrogen-bond donors (Lipinski definition) is 0. The number of aromatic nitrogens is 1. The molecule has 2 heterocycles. The van der Waals surface area contributed by atoms with Gasteiger partial charge in [0.1, 0.15) is 6.10 Å². The van der Waals surface area contributed by atoms with E-state index in [-0.39, 0.29) is 6.10 Å². The van der Waals surface area contributed by atoms with E-state index in [0.29, 0.717) is 10.9 Å². The van der Waals surface area contributed by atoms with Gasteiger partial charge in [0.15, 0.2) is 0 Å². The Kier molecular flexibility index (Phi) is 3.10. The predicted molar refractivity (Wildman–Crippen MR) is 73.3 cm³/mol. The van der Waals surface area contributed by atoms with Gasteiger partial charge >= 0.3 is 0 Å². The van der Waals surface area contributed by atoms with Gasteiger partial charge in [-0.15, -0.1) is 0 Å². The van der Waals surface area contributed by atoms with E-state index in [9.17, 15) is 0 Å². The first-order chi connectivity index (χ1) is 8.72. The van der Waals surface area contributed by atoms with Crippen LogP contribution >= 0.6 is 11.6 Å².